The Kier molecular flexibility index (Phi) is 2.32. The van der Waals surface area contributed by atoms with Crippen molar-refractivity contribution < 1.29 is 0 Å². The fourth-order valence-corrected chi connectivity index (χ4v) is 1.51. The fraction of sp³-hybridized carbons (Fsp3) is 0.667. The number of rotatable bonds is 1. The Morgan fingerprint density at radius 2 is 2.33 bits per heavy atom. The maximum atomic E-state index is 3.80. The minimum atomic E-state index is 0.816. The first-order valence-corrected chi connectivity index (χ1v) is 3.82. The summed E-state index contributed by atoms with van der Waals surface area (Å²) in [7, 11) is 0. The van der Waals surface area contributed by atoms with Gasteiger partial charge in [-0.05, 0) is 24.7 Å². The first kappa shape index (κ1) is 6.85. The summed E-state index contributed by atoms with van der Waals surface area (Å²) in [6, 6.07) is 0. The summed E-state index contributed by atoms with van der Waals surface area (Å²) in [6.45, 7) is 6.10. The van der Waals surface area contributed by atoms with E-state index in [2.05, 4.69) is 13.5 Å². The minimum Gasteiger partial charge on any atom is -0.102 e. The molecule has 0 heteroatoms. The Labute approximate surface area is 58.0 Å². The smallest absolute Gasteiger partial charge is 0.000196 e. The molecule has 1 fully saturated rings. The zero-order valence-corrected chi connectivity index (χ0v) is 6.19. The fourth-order valence-electron chi connectivity index (χ4n) is 1.51. The monoisotopic (exact) mass is 123 g/mol. The van der Waals surface area contributed by atoms with Gasteiger partial charge in [0.15, 0.2) is 0 Å². The Morgan fingerprint density at radius 3 is 2.78 bits per heavy atom. The minimum absolute atomic E-state index is 0.816. The summed E-state index contributed by atoms with van der Waals surface area (Å²) >= 11 is 0. The van der Waals surface area contributed by atoms with Gasteiger partial charge >= 0.3 is 0 Å². The van der Waals surface area contributed by atoms with Crippen LogP contribution in [0.15, 0.2) is 12.7 Å². The topological polar surface area (TPSA) is 0 Å². The highest BCUT2D eigenvalue weighted by Gasteiger charge is 2.17. The Bertz CT molecular complexity index is 94.2. The summed E-state index contributed by atoms with van der Waals surface area (Å²) < 4.78 is 0. The van der Waals surface area contributed by atoms with Gasteiger partial charge in [0.1, 0.15) is 0 Å². The lowest BCUT2D eigenvalue weighted by atomic mass is 9.81. The molecule has 0 aromatic carbocycles. The number of hydrogen-bond acceptors (Lipinski definition) is 0. The molecule has 1 saturated carbocycles. The zero-order chi connectivity index (χ0) is 6.69. The van der Waals surface area contributed by atoms with Crippen LogP contribution in [-0.2, 0) is 0 Å². The van der Waals surface area contributed by atoms with E-state index in [1.807, 2.05) is 6.08 Å². The van der Waals surface area contributed by atoms with E-state index in [1.54, 1.807) is 5.92 Å². The van der Waals surface area contributed by atoms with Gasteiger partial charge in [-0.2, -0.15) is 0 Å². The summed E-state index contributed by atoms with van der Waals surface area (Å²) in [6.07, 6.45) is 7.51. The average Bonchev–Trinajstić information content (AvgIpc) is 1.89. The van der Waals surface area contributed by atoms with Crippen LogP contribution in [0.25, 0.3) is 0 Å². The van der Waals surface area contributed by atoms with Gasteiger partial charge in [-0.15, -0.1) is 6.58 Å². The van der Waals surface area contributed by atoms with E-state index in [0.29, 0.717) is 0 Å². The van der Waals surface area contributed by atoms with Crippen LogP contribution in [0.4, 0.5) is 0 Å². The van der Waals surface area contributed by atoms with Gasteiger partial charge in [-0.3, -0.25) is 0 Å². The first-order valence-electron chi connectivity index (χ1n) is 3.82. The second-order valence-corrected chi connectivity index (χ2v) is 2.93. The van der Waals surface area contributed by atoms with Crippen LogP contribution in [0.3, 0.4) is 0 Å². The normalized spacial score (nSPS) is 30.1. The van der Waals surface area contributed by atoms with E-state index in [1.165, 1.54) is 25.7 Å². The molecule has 1 rings (SSSR count). The third-order valence-corrected chi connectivity index (χ3v) is 2.25. The lowest BCUT2D eigenvalue weighted by molar-refractivity contribution is 0.441. The van der Waals surface area contributed by atoms with Crippen molar-refractivity contribution in [3.63, 3.8) is 0 Å². The van der Waals surface area contributed by atoms with E-state index in [9.17, 15) is 0 Å². The predicted molar refractivity (Wildman–Crippen MR) is 41.1 cm³/mol. The van der Waals surface area contributed by atoms with Crippen molar-refractivity contribution in [2.24, 2.45) is 5.92 Å². The molecular formula is C9H15. The molecular weight excluding hydrogens is 108 g/mol. The highest BCUT2D eigenvalue weighted by atomic mass is 14.2. The maximum Gasteiger partial charge on any atom is -0.000196 e. The Hall–Kier alpha value is -0.260. The zero-order valence-electron chi connectivity index (χ0n) is 6.19. The molecule has 1 atom stereocenters. The van der Waals surface area contributed by atoms with Crippen molar-refractivity contribution in [2.75, 3.05) is 0 Å². The molecule has 0 aromatic heterocycles. The van der Waals surface area contributed by atoms with Gasteiger partial charge in [-0.25, -0.2) is 0 Å². The molecule has 0 amide bonds. The van der Waals surface area contributed by atoms with Crippen molar-refractivity contribution in [2.45, 2.75) is 32.6 Å². The van der Waals surface area contributed by atoms with E-state index in [0.717, 1.165) is 5.92 Å². The van der Waals surface area contributed by atoms with Crippen molar-refractivity contribution in [3.8, 4) is 0 Å². The second-order valence-electron chi connectivity index (χ2n) is 2.93. The van der Waals surface area contributed by atoms with E-state index in [4.69, 9.17) is 0 Å². The standard InChI is InChI=1S/C9H15/c1-3-9-7-5-4-6-8(9)2/h3,8H,1,4-7H2,2H3. The van der Waals surface area contributed by atoms with Crippen LogP contribution in [0.5, 0.6) is 0 Å². The average molecular weight is 123 g/mol. The quantitative estimate of drug-likeness (QED) is 0.503. The lowest BCUT2D eigenvalue weighted by Gasteiger charge is -2.24. The molecule has 0 spiro atoms. The number of hydrogen-bond donors (Lipinski definition) is 0. The maximum absolute atomic E-state index is 3.80. The SMILES string of the molecule is C=C[C]1CCCCC1C. The predicted octanol–water partition coefficient (Wildman–Crippen LogP) is 2.96. The van der Waals surface area contributed by atoms with Crippen LogP contribution < -0.4 is 0 Å². The van der Waals surface area contributed by atoms with Crippen LogP contribution in [0.1, 0.15) is 32.6 Å². The van der Waals surface area contributed by atoms with Gasteiger partial charge in [0.2, 0.25) is 0 Å². The molecule has 0 saturated heterocycles. The van der Waals surface area contributed by atoms with Crippen LogP contribution >= 0.6 is 0 Å². The van der Waals surface area contributed by atoms with Gasteiger partial charge in [0.25, 0.3) is 0 Å². The molecule has 0 aliphatic heterocycles. The van der Waals surface area contributed by atoms with E-state index in [-0.39, 0.29) is 0 Å². The summed E-state index contributed by atoms with van der Waals surface area (Å²) in [5.74, 6) is 2.39. The summed E-state index contributed by atoms with van der Waals surface area (Å²) in [5, 5.41) is 0. The molecule has 0 heterocycles. The molecule has 0 N–H and O–H groups in total. The van der Waals surface area contributed by atoms with Gasteiger partial charge in [-0.1, -0.05) is 25.8 Å². The molecule has 51 valence electrons. The summed E-state index contributed by atoms with van der Waals surface area (Å²) in [4.78, 5) is 0. The molecule has 9 heavy (non-hydrogen) atoms. The lowest BCUT2D eigenvalue weighted by Crippen LogP contribution is -2.11. The van der Waals surface area contributed by atoms with Crippen molar-refractivity contribution in [3.05, 3.63) is 18.6 Å². The highest BCUT2D eigenvalue weighted by Crippen LogP contribution is 2.31. The molecule has 0 nitrogen and oxygen atoms in total. The Balaban J connectivity index is 2.38. The van der Waals surface area contributed by atoms with Crippen LogP contribution in [-0.4, -0.2) is 0 Å². The molecule has 0 bridgehead atoms. The second kappa shape index (κ2) is 3.05. The van der Waals surface area contributed by atoms with E-state index >= 15 is 0 Å². The van der Waals surface area contributed by atoms with Crippen LogP contribution in [0, 0.1) is 11.8 Å². The third kappa shape index (κ3) is 1.57. The van der Waals surface area contributed by atoms with E-state index < -0.39 is 0 Å². The molecule has 1 aliphatic rings. The molecule has 1 aliphatic carbocycles. The van der Waals surface area contributed by atoms with Gasteiger partial charge in [0, 0.05) is 0 Å². The number of allylic oxidation sites excluding steroid dienone is 1. The Morgan fingerprint density at radius 1 is 1.56 bits per heavy atom. The summed E-state index contributed by atoms with van der Waals surface area (Å²) in [5.41, 5.74) is 0. The largest absolute Gasteiger partial charge is 0.102 e. The third-order valence-electron chi connectivity index (χ3n) is 2.25. The van der Waals surface area contributed by atoms with Crippen molar-refractivity contribution in [1.29, 1.82) is 0 Å². The molecule has 1 radical (unpaired) electrons. The van der Waals surface area contributed by atoms with Crippen molar-refractivity contribution in [1.82, 2.24) is 0 Å². The molecule has 1 unspecified atom stereocenters. The first-order chi connectivity index (χ1) is 4.34. The molecule has 0 aromatic rings. The van der Waals surface area contributed by atoms with Gasteiger partial charge in [0.05, 0.1) is 0 Å². The van der Waals surface area contributed by atoms with Crippen molar-refractivity contribution >= 4 is 0 Å². The van der Waals surface area contributed by atoms with Crippen LogP contribution in [0.2, 0.25) is 0 Å². The van der Waals surface area contributed by atoms with Gasteiger partial charge < -0.3 is 0 Å². The highest BCUT2D eigenvalue weighted by molar-refractivity contribution is 5.10.